The van der Waals surface area contributed by atoms with Gasteiger partial charge in [0.1, 0.15) is 11.6 Å². The van der Waals surface area contributed by atoms with E-state index in [0.717, 1.165) is 18.2 Å². The van der Waals surface area contributed by atoms with Crippen molar-refractivity contribution in [2.75, 3.05) is 5.32 Å². The molecule has 132 valence electrons. The van der Waals surface area contributed by atoms with Crippen molar-refractivity contribution in [3.05, 3.63) is 24.0 Å². The minimum absolute atomic E-state index is 0.216. The highest BCUT2D eigenvalue weighted by Gasteiger charge is 2.26. The lowest BCUT2D eigenvalue weighted by Gasteiger charge is -2.27. The van der Waals surface area contributed by atoms with Crippen LogP contribution < -0.4 is 15.4 Å². The van der Waals surface area contributed by atoms with Crippen molar-refractivity contribution >= 4 is 17.7 Å². The smallest absolute Gasteiger partial charge is 0.387 e. The van der Waals surface area contributed by atoms with E-state index < -0.39 is 30.3 Å². The lowest BCUT2D eigenvalue weighted by atomic mass is 9.86. The Morgan fingerprint density at radius 1 is 1.21 bits per heavy atom. The highest BCUT2D eigenvalue weighted by molar-refractivity contribution is 5.91. The van der Waals surface area contributed by atoms with Crippen LogP contribution in [0.15, 0.2) is 18.2 Å². The van der Waals surface area contributed by atoms with E-state index >= 15 is 0 Å². The number of halogens is 3. The summed E-state index contributed by atoms with van der Waals surface area (Å²) in [4.78, 5) is 22.8. The van der Waals surface area contributed by atoms with Gasteiger partial charge in [0, 0.05) is 12.1 Å². The van der Waals surface area contributed by atoms with Gasteiger partial charge in [-0.2, -0.15) is 8.78 Å². The number of carboxylic acids is 1. The maximum Gasteiger partial charge on any atom is 0.387 e. The second kappa shape index (κ2) is 7.89. The van der Waals surface area contributed by atoms with Gasteiger partial charge in [0.05, 0.1) is 11.6 Å². The number of amides is 2. The number of hydrogen-bond acceptors (Lipinski definition) is 3. The van der Waals surface area contributed by atoms with Gasteiger partial charge in [0.15, 0.2) is 0 Å². The zero-order valence-corrected chi connectivity index (χ0v) is 12.6. The van der Waals surface area contributed by atoms with Gasteiger partial charge >= 0.3 is 18.6 Å². The minimum Gasteiger partial charge on any atom is -0.481 e. The monoisotopic (exact) mass is 346 g/mol. The number of aliphatic carboxylic acids is 1. The Labute approximate surface area is 136 Å². The molecule has 6 nitrogen and oxygen atoms in total. The zero-order valence-electron chi connectivity index (χ0n) is 12.6. The molecule has 0 saturated heterocycles. The lowest BCUT2D eigenvalue weighted by molar-refractivity contribution is -0.142. The van der Waals surface area contributed by atoms with E-state index in [4.69, 9.17) is 5.11 Å². The number of rotatable bonds is 5. The van der Waals surface area contributed by atoms with Gasteiger partial charge in [-0.25, -0.2) is 9.18 Å². The number of alkyl halides is 2. The molecule has 9 heteroatoms. The van der Waals surface area contributed by atoms with Crippen molar-refractivity contribution in [2.45, 2.75) is 38.3 Å². The summed E-state index contributed by atoms with van der Waals surface area (Å²) in [6.07, 6.45) is 1.88. The average molecular weight is 346 g/mol. The van der Waals surface area contributed by atoms with Crippen molar-refractivity contribution in [2.24, 2.45) is 5.92 Å². The number of anilines is 1. The van der Waals surface area contributed by atoms with Crippen LogP contribution in [0.1, 0.15) is 25.7 Å². The first-order valence-electron chi connectivity index (χ1n) is 7.40. The summed E-state index contributed by atoms with van der Waals surface area (Å²) in [5, 5.41) is 13.8. The second-order valence-corrected chi connectivity index (χ2v) is 5.50. The molecule has 1 aliphatic carbocycles. The van der Waals surface area contributed by atoms with E-state index in [1.807, 2.05) is 0 Å². The van der Waals surface area contributed by atoms with Crippen molar-refractivity contribution in [1.29, 1.82) is 0 Å². The normalized spacial score (nSPS) is 20.5. The first kappa shape index (κ1) is 17.9. The number of carbonyl (C=O) groups excluding carboxylic acids is 1. The van der Waals surface area contributed by atoms with Gasteiger partial charge in [0.25, 0.3) is 0 Å². The minimum atomic E-state index is -3.11. The molecule has 0 heterocycles. The summed E-state index contributed by atoms with van der Waals surface area (Å²) >= 11 is 0. The van der Waals surface area contributed by atoms with Crippen molar-refractivity contribution in [3.63, 3.8) is 0 Å². The summed E-state index contributed by atoms with van der Waals surface area (Å²) in [5.41, 5.74) is -0.216. The molecule has 0 aromatic heterocycles. The van der Waals surface area contributed by atoms with Crippen LogP contribution in [0.5, 0.6) is 5.75 Å². The Hall–Kier alpha value is -2.45. The Morgan fingerprint density at radius 3 is 2.46 bits per heavy atom. The molecule has 1 fully saturated rings. The Morgan fingerprint density at radius 2 is 1.88 bits per heavy atom. The molecule has 1 aromatic rings. The van der Waals surface area contributed by atoms with E-state index in [9.17, 15) is 22.8 Å². The van der Waals surface area contributed by atoms with Crippen LogP contribution >= 0.6 is 0 Å². The van der Waals surface area contributed by atoms with Gasteiger partial charge in [-0.15, -0.1) is 0 Å². The maximum absolute atomic E-state index is 13.2. The summed E-state index contributed by atoms with van der Waals surface area (Å²) in [5.74, 6) is -2.34. The molecule has 24 heavy (non-hydrogen) atoms. The van der Waals surface area contributed by atoms with Crippen LogP contribution in [0.3, 0.4) is 0 Å². The summed E-state index contributed by atoms with van der Waals surface area (Å²) < 4.78 is 42.1. The van der Waals surface area contributed by atoms with E-state index in [2.05, 4.69) is 15.4 Å². The molecule has 3 N–H and O–H groups in total. The molecule has 0 radical (unpaired) electrons. The van der Waals surface area contributed by atoms with E-state index in [1.165, 1.54) is 0 Å². The molecule has 1 saturated carbocycles. The largest absolute Gasteiger partial charge is 0.481 e. The van der Waals surface area contributed by atoms with Crippen LogP contribution in [0.25, 0.3) is 0 Å². The lowest BCUT2D eigenvalue weighted by Crippen LogP contribution is -2.41. The third-order valence-electron chi connectivity index (χ3n) is 3.82. The van der Waals surface area contributed by atoms with E-state index in [0.29, 0.717) is 25.7 Å². The fourth-order valence-electron chi connectivity index (χ4n) is 2.63. The first-order valence-corrected chi connectivity index (χ1v) is 7.40. The molecule has 2 rings (SSSR count). The number of benzene rings is 1. The molecular weight excluding hydrogens is 329 g/mol. The molecule has 0 atom stereocenters. The number of ether oxygens (including phenoxy) is 1. The highest BCUT2D eigenvalue weighted by atomic mass is 19.3. The molecular formula is C15H17F3N2O4. The Bertz CT molecular complexity index is 604. The van der Waals surface area contributed by atoms with E-state index in [1.54, 1.807) is 0 Å². The van der Waals surface area contributed by atoms with Crippen LogP contribution in [0.4, 0.5) is 23.7 Å². The van der Waals surface area contributed by atoms with Crippen molar-refractivity contribution in [3.8, 4) is 5.75 Å². The van der Waals surface area contributed by atoms with Gasteiger partial charge in [-0.05, 0) is 37.8 Å². The Kier molecular flexibility index (Phi) is 5.88. The van der Waals surface area contributed by atoms with Crippen LogP contribution in [0, 0.1) is 11.7 Å². The van der Waals surface area contributed by atoms with Gasteiger partial charge in [-0.1, -0.05) is 0 Å². The molecule has 2 amide bonds. The van der Waals surface area contributed by atoms with Gasteiger partial charge in [0.2, 0.25) is 0 Å². The summed E-state index contributed by atoms with van der Waals surface area (Å²) in [6, 6.07) is 1.88. The quantitative estimate of drug-likeness (QED) is 0.764. The highest BCUT2D eigenvalue weighted by Crippen LogP contribution is 2.28. The van der Waals surface area contributed by atoms with Crippen molar-refractivity contribution < 1.29 is 32.6 Å². The standard InChI is InChI=1S/C15H17F3N2O4/c16-9-3-6-12(24-14(17)18)11(7-9)20-15(23)19-10-4-1-8(2-5-10)13(21)22/h3,6-8,10,14H,1-2,4-5H2,(H,21,22)(H2,19,20,23). The van der Waals surface area contributed by atoms with Crippen LogP contribution in [-0.2, 0) is 4.79 Å². The molecule has 0 unspecified atom stereocenters. The molecule has 0 bridgehead atoms. The van der Waals surface area contributed by atoms with Crippen LogP contribution in [-0.4, -0.2) is 29.8 Å². The SMILES string of the molecule is O=C(Nc1cc(F)ccc1OC(F)F)NC1CCC(C(=O)O)CC1. The molecule has 0 aliphatic heterocycles. The van der Waals surface area contributed by atoms with E-state index in [-0.39, 0.29) is 17.5 Å². The Balaban J connectivity index is 1.93. The fourth-order valence-corrected chi connectivity index (χ4v) is 2.63. The van der Waals surface area contributed by atoms with Gasteiger partial charge in [-0.3, -0.25) is 4.79 Å². The number of hydrogen-bond donors (Lipinski definition) is 3. The predicted octanol–water partition coefficient (Wildman–Crippen LogP) is 3.19. The maximum atomic E-state index is 13.2. The van der Waals surface area contributed by atoms with Crippen LogP contribution in [0.2, 0.25) is 0 Å². The molecule has 0 spiro atoms. The summed E-state index contributed by atoms with van der Waals surface area (Å²) in [7, 11) is 0. The van der Waals surface area contributed by atoms with Gasteiger partial charge < -0.3 is 20.5 Å². The predicted molar refractivity (Wildman–Crippen MR) is 78.6 cm³/mol. The second-order valence-electron chi connectivity index (χ2n) is 5.50. The first-order chi connectivity index (χ1) is 11.3. The molecule has 1 aliphatic rings. The topological polar surface area (TPSA) is 87.7 Å². The third-order valence-corrected chi connectivity index (χ3v) is 3.82. The number of nitrogens with one attached hydrogen (secondary N) is 2. The third kappa shape index (κ3) is 5.04. The average Bonchev–Trinajstić information content (AvgIpc) is 2.50. The van der Waals surface area contributed by atoms with Crippen molar-refractivity contribution in [1.82, 2.24) is 5.32 Å². The fraction of sp³-hybridized carbons (Fsp3) is 0.467. The number of urea groups is 1. The molecule has 1 aromatic carbocycles. The summed E-state index contributed by atoms with van der Waals surface area (Å²) in [6.45, 7) is -3.11. The zero-order chi connectivity index (χ0) is 17.7. The number of carboxylic acid groups (broad SMARTS) is 1. The number of carbonyl (C=O) groups is 2.